The van der Waals surface area contributed by atoms with Gasteiger partial charge in [-0.2, -0.15) is 5.10 Å². The lowest BCUT2D eigenvalue weighted by atomic mass is 10.1. The molecular weight excluding hydrogens is 233 g/mol. The predicted molar refractivity (Wildman–Crippen MR) is 64.1 cm³/mol. The Morgan fingerprint density at radius 3 is 2.94 bits per heavy atom. The van der Waals surface area contributed by atoms with Crippen LogP contribution in [-0.2, 0) is 6.54 Å². The van der Waals surface area contributed by atoms with Gasteiger partial charge in [-0.05, 0) is 23.8 Å². The molecular formula is C13H12FN3O. The topological polar surface area (TPSA) is 50.9 Å². The maximum Gasteiger partial charge on any atom is 0.137 e. The van der Waals surface area contributed by atoms with Crippen molar-refractivity contribution in [1.82, 2.24) is 14.8 Å². The van der Waals surface area contributed by atoms with Crippen molar-refractivity contribution < 1.29 is 9.50 Å². The van der Waals surface area contributed by atoms with Crippen molar-refractivity contribution in [3.63, 3.8) is 0 Å². The van der Waals surface area contributed by atoms with E-state index in [0.29, 0.717) is 18.5 Å². The summed E-state index contributed by atoms with van der Waals surface area (Å²) in [5.74, 6) is 5.24. The highest BCUT2D eigenvalue weighted by molar-refractivity contribution is 5.37. The van der Waals surface area contributed by atoms with Crippen LogP contribution in [0.3, 0.4) is 0 Å². The Morgan fingerprint density at radius 1 is 1.33 bits per heavy atom. The summed E-state index contributed by atoms with van der Waals surface area (Å²) in [6, 6.07) is 4.61. The number of rotatable bonds is 3. The average molecular weight is 245 g/mol. The van der Waals surface area contributed by atoms with Crippen molar-refractivity contribution in [1.29, 1.82) is 0 Å². The maximum absolute atomic E-state index is 13.4. The molecule has 4 nitrogen and oxygen atoms in total. The lowest BCUT2D eigenvalue weighted by molar-refractivity contribution is 0.305. The molecule has 2 aromatic rings. The van der Waals surface area contributed by atoms with E-state index >= 15 is 0 Å². The van der Waals surface area contributed by atoms with Crippen LogP contribution in [0.15, 0.2) is 30.9 Å². The fourth-order valence-corrected chi connectivity index (χ4v) is 1.54. The molecule has 1 heterocycles. The molecule has 0 fully saturated rings. The van der Waals surface area contributed by atoms with Crippen LogP contribution >= 0.6 is 0 Å². The van der Waals surface area contributed by atoms with Gasteiger partial charge in [0.05, 0.1) is 13.2 Å². The van der Waals surface area contributed by atoms with Crippen LogP contribution in [0.1, 0.15) is 17.5 Å². The molecule has 1 N–H and O–H groups in total. The van der Waals surface area contributed by atoms with E-state index < -0.39 is 0 Å². The molecule has 5 heteroatoms. The number of aromatic nitrogens is 3. The Bertz CT molecular complexity index is 570. The summed E-state index contributed by atoms with van der Waals surface area (Å²) >= 11 is 0. The van der Waals surface area contributed by atoms with E-state index in [1.807, 2.05) is 0 Å². The first kappa shape index (κ1) is 12.3. The van der Waals surface area contributed by atoms with Crippen molar-refractivity contribution in [2.75, 3.05) is 6.61 Å². The molecule has 0 unspecified atom stereocenters. The van der Waals surface area contributed by atoms with Crippen molar-refractivity contribution in [2.45, 2.75) is 13.0 Å². The standard InChI is InChI=1S/C13H12FN3O/c14-13-6-11(3-1-2-4-18)5-12(7-13)8-17-10-15-9-16-17/h5-7,9-10,18H,2,4,8H2. The summed E-state index contributed by atoms with van der Waals surface area (Å²) in [6.45, 7) is 0.459. The van der Waals surface area contributed by atoms with Gasteiger partial charge in [-0.25, -0.2) is 14.1 Å². The minimum absolute atomic E-state index is 0.00806. The van der Waals surface area contributed by atoms with Gasteiger partial charge in [0.2, 0.25) is 0 Å². The van der Waals surface area contributed by atoms with E-state index in [1.54, 1.807) is 17.1 Å². The third kappa shape index (κ3) is 3.40. The molecule has 2 rings (SSSR count). The van der Waals surface area contributed by atoms with Gasteiger partial charge in [0.1, 0.15) is 18.5 Å². The molecule has 92 valence electrons. The smallest absolute Gasteiger partial charge is 0.137 e. The summed E-state index contributed by atoms with van der Waals surface area (Å²) < 4.78 is 15.0. The van der Waals surface area contributed by atoms with Crippen LogP contribution in [0.4, 0.5) is 4.39 Å². The van der Waals surface area contributed by atoms with E-state index in [2.05, 4.69) is 21.9 Å². The fraction of sp³-hybridized carbons (Fsp3) is 0.231. The highest BCUT2D eigenvalue weighted by Gasteiger charge is 2.01. The Labute approximate surface area is 104 Å². The van der Waals surface area contributed by atoms with Gasteiger partial charge in [-0.3, -0.25) is 0 Å². The van der Waals surface area contributed by atoms with E-state index in [9.17, 15) is 4.39 Å². The first-order chi connectivity index (χ1) is 8.78. The second-order valence-corrected chi connectivity index (χ2v) is 3.72. The number of halogens is 1. The SMILES string of the molecule is OCCC#Cc1cc(F)cc(Cn2cncn2)c1. The van der Waals surface area contributed by atoms with Crippen molar-refractivity contribution in [3.05, 3.63) is 47.8 Å². The molecule has 0 atom stereocenters. The minimum Gasteiger partial charge on any atom is -0.395 e. The third-order valence-corrected chi connectivity index (χ3v) is 2.24. The molecule has 0 spiro atoms. The molecule has 1 aromatic carbocycles. The zero-order chi connectivity index (χ0) is 12.8. The molecule has 0 aliphatic heterocycles. The number of nitrogens with zero attached hydrogens (tertiary/aromatic N) is 3. The van der Waals surface area contributed by atoms with Gasteiger partial charge < -0.3 is 5.11 Å². The van der Waals surface area contributed by atoms with Crippen LogP contribution < -0.4 is 0 Å². The zero-order valence-corrected chi connectivity index (χ0v) is 9.67. The summed E-state index contributed by atoms with van der Waals surface area (Å²) in [7, 11) is 0. The van der Waals surface area contributed by atoms with Gasteiger partial charge in [-0.15, -0.1) is 0 Å². The third-order valence-electron chi connectivity index (χ3n) is 2.24. The predicted octanol–water partition coefficient (Wildman–Crippen LogP) is 1.20. The Kier molecular flexibility index (Phi) is 4.05. The lowest BCUT2D eigenvalue weighted by Gasteiger charge is -2.02. The highest BCUT2D eigenvalue weighted by Crippen LogP contribution is 2.09. The highest BCUT2D eigenvalue weighted by atomic mass is 19.1. The largest absolute Gasteiger partial charge is 0.395 e. The van der Waals surface area contributed by atoms with Crippen molar-refractivity contribution in [2.24, 2.45) is 0 Å². The molecule has 0 aliphatic rings. The van der Waals surface area contributed by atoms with Gasteiger partial charge in [0.15, 0.2) is 0 Å². The average Bonchev–Trinajstić information content (AvgIpc) is 2.81. The Hall–Kier alpha value is -2.19. The van der Waals surface area contributed by atoms with Crippen molar-refractivity contribution in [3.8, 4) is 11.8 Å². The normalized spacial score (nSPS) is 9.89. The quantitative estimate of drug-likeness (QED) is 0.827. The summed E-state index contributed by atoms with van der Waals surface area (Å²) in [4.78, 5) is 3.83. The molecule has 0 aliphatic carbocycles. The zero-order valence-electron chi connectivity index (χ0n) is 9.67. The van der Waals surface area contributed by atoms with Crippen molar-refractivity contribution >= 4 is 0 Å². The Balaban J connectivity index is 2.19. The first-order valence-corrected chi connectivity index (χ1v) is 5.49. The summed E-state index contributed by atoms with van der Waals surface area (Å²) in [5.41, 5.74) is 1.37. The van der Waals surface area contributed by atoms with Crippen LogP contribution in [0, 0.1) is 17.7 Å². The van der Waals surface area contributed by atoms with Gasteiger partial charge in [0, 0.05) is 12.0 Å². The second kappa shape index (κ2) is 5.94. The van der Waals surface area contributed by atoms with Gasteiger partial charge in [0.25, 0.3) is 0 Å². The molecule has 0 radical (unpaired) electrons. The molecule has 0 saturated heterocycles. The molecule has 0 saturated carbocycles. The molecule has 0 amide bonds. The number of aliphatic hydroxyl groups excluding tert-OH is 1. The van der Waals surface area contributed by atoms with Crippen LogP contribution in [0.5, 0.6) is 0 Å². The second-order valence-electron chi connectivity index (χ2n) is 3.72. The first-order valence-electron chi connectivity index (χ1n) is 5.49. The van der Waals surface area contributed by atoms with Crippen LogP contribution in [0.25, 0.3) is 0 Å². The number of aliphatic hydroxyl groups is 1. The van der Waals surface area contributed by atoms with Crippen LogP contribution in [0.2, 0.25) is 0 Å². The monoisotopic (exact) mass is 245 g/mol. The molecule has 18 heavy (non-hydrogen) atoms. The van der Waals surface area contributed by atoms with Crippen LogP contribution in [-0.4, -0.2) is 26.5 Å². The fourth-order valence-electron chi connectivity index (χ4n) is 1.54. The van der Waals surface area contributed by atoms with E-state index in [1.165, 1.54) is 18.5 Å². The summed E-state index contributed by atoms with van der Waals surface area (Å²) in [6.07, 6.45) is 3.39. The Morgan fingerprint density at radius 2 is 2.22 bits per heavy atom. The van der Waals surface area contributed by atoms with Gasteiger partial charge >= 0.3 is 0 Å². The van der Waals surface area contributed by atoms with E-state index in [0.717, 1.165) is 5.56 Å². The van der Waals surface area contributed by atoms with Gasteiger partial charge in [-0.1, -0.05) is 11.8 Å². The number of benzene rings is 1. The number of hydrogen-bond acceptors (Lipinski definition) is 3. The summed E-state index contributed by atoms with van der Waals surface area (Å²) in [5, 5.41) is 12.6. The number of hydrogen-bond donors (Lipinski definition) is 1. The molecule has 0 bridgehead atoms. The van der Waals surface area contributed by atoms with E-state index in [4.69, 9.17) is 5.11 Å². The minimum atomic E-state index is -0.332. The molecule has 1 aromatic heterocycles. The maximum atomic E-state index is 13.4. The van der Waals surface area contributed by atoms with E-state index in [-0.39, 0.29) is 12.4 Å². The lowest BCUT2D eigenvalue weighted by Crippen LogP contribution is -2.00.